The number of sulfonamides is 1. The number of carbonyl (C=O) groups excluding carboxylic acids is 1. The van der Waals surface area contributed by atoms with Crippen LogP contribution in [0.5, 0.6) is 11.6 Å². The molecule has 0 bridgehead atoms. The van der Waals surface area contributed by atoms with Gasteiger partial charge in [0, 0.05) is 0 Å². The number of aromatic hydroxyl groups is 1. The van der Waals surface area contributed by atoms with Crippen molar-refractivity contribution in [3.8, 4) is 11.6 Å². The van der Waals surface area contributed by atoms with Crippen LogP contribution in [-0.4, -0.2) is 29.9 Å². The maximum absolute atomic E-state index is 12.4. The molecule has 136 valence electrons. The summed E-state index contributed by atoms with van der Waals surface area (Å²) in [6.07, 6.45) is 0. The lowest BCUT2D eigenvalue weighted by Gasteiger charge is -2.13. The first kappa shape index (κ1) is 18.3. The number of hydrogen-bond donors (Lipinski definition) is 2. The number of nitrogens with zero attached hydrogens (tertiary/aromatic N) is 1. The molecule has 9 heteroatoms. The average Bonchev–Trinajstić information content (AvgIpc) is 2.97. The first-order valence-corrected chi connectivity index (χ1v) is 9.91. The Balaban J connectivity index is 1.75. The van der Waals surface area contributed by atoms with Crippen LogP contribution in [0.4, 0.5) is 0 Å². The number of fused-ring (bicyclic) bond motifs is 1. The van der Waals surface area contributed by atoms with Crippen molar-refractivity contribution in [1.82, 2.24) is 9.10 Å². The van der Waals surface area contributed by atoms with E-state index in [1.807, 2.05) is 6.92 Å². The van der Waals surface area contributed by atoms with E-state index in [4.69, 9.17) is 4.74 Å². The van der Waals surface area contributed by atoms with Gasteiger partial charge in [-0.15, -0.1) is 0 Å². The molecule has 2 aromatic carbocycles. The van der Waals surface area contributed by atoms with E-state index in [-0.39, 0.29) is 16.5 Å². The molecule has 0 fully saturated rings. The summed E-state index contributed by atoms with van der Waals surface area (Å²) in [4.78, 5) is 12.3. The van der Waals surface area contributed by atoms with Crippen molar-refractivity contribution < 1.29 is 23.1 Å². The Morgan fingerprint density at radius 2 is 1.92 bits per heavy atom. The fourth-order valence-electron chi connectivity index (χ4n) is 2.23. The number of nitrogens with one attached hydrogen (secondary N) is 1. The van der Waals surface area contributed by atoms with Crippen LogP contribution in [-0.2, 0) is 14.8 Å². The van der Waals surface area contributed by atoms with E-state index in [1.165, 1.54) is 31.2 Å². The Hall–Kier alpha value is -2.49. The summed E-state index contributed by atoms with van der Waals surface area (Å²) in [5.41, 5.74) is 0.926. The molecule has 1 heterocycles. The van der Waals surface area contributed by atoms with Crippen LogP contribution in [0, 0.1) is 6.92 Å². The van der Waals surface area contributed by atoms with Crippen molar-refractivity contribution in [2.75, 3.05) is 0 Å². The second-order valence-electron chi connectivity index (χ2n) is 5.75. The van der Waals surface area contributed by atoms with Crippen molar-refractivity contribution in [2.45, 2.75) is 24.8 Å². The van der Waals surface area contributed by atoms with Gasteiger partial charge in [-0.2, -0.15) is 9.10 Å². The maximum Gasteiger partial charge on any atom is 0.330 e. The van der Waals surface area contributed by atoms with E-state index in [1.54, 1.807) is 18.2 Å². The average molecular weight is 392 g/mol. The summed E-state index contributed by atoms with van der Waals surface area (Å²) in [6, 6.07) is 9.75. The van der Waals surface area contributed by atoms with Crippen molar-refractivity contribution in [3.63, 3.8) is 0 Å². The zero-order valence-electron chi connectivity index (χ0n) is 14.0. The number of phenols is 1. The molecule has 2 N–H and O–H groups in total. The van der Waals surface area contributed by atoms with Crippen LogP contribution in [0.15, 0.2) is 47.4 Å². The molecule has 0 saturated carbocycles. The molecule has 1 atom stereocenters. The maximum atomic E-state index is 12.4. The smallest absolute Gasteiger partial charge is 0.330 e. The highest BCUT2D eigenvalue weighted by molar-refractivity contribution is 7.89. The van der Waals surface area contributed by atoms with Crippen LogP contribution in [0.3, 0.4) is 0 Å². The molecule has 0 unspecified atom stereocenters. The second kappa shape index (κ2) is 7.02. The van der Waals surface area contributed by atoms with Gasteiger partial charge in [0.25, 0.3) is 0 Å². The zero-order valence-corrected chi connectivity index (χ0v) is 15.6. The van der Waals surface area contributed by atoms with Gasteiger partial charge in [0.1, 0.15) is 11.8 Å². The summed E-state index contributed by atoms with van der Waals surface area (Å²) in [6.45, 7) is 3.24. The van der Waals surface area contributed by atoms with E-state index >= 15 is 0 Å². The molecule has 0 spiro atoms. The number of aromatic nitrogens is 1. The molecule has 0 aliphatic rings. The standard InChI is InChI=1S/C17H16N2O5S2/c1-10-3-6-13(7-4-10)26(22,23)19-11(2)17(21)24-16-14-9-12(20)5-8-15(14)25-18-16/h3-9,11,19-20H,1-2H3/t11-/m0/s1. The van der Waals surface area contributed by atoms with Crippen molar-refractivity contribution >= 4 is 37.6 Å². The first-order chi connectivity index (χ1) is 12.3. The number of phenolic OH excluding ortho intramolecular Hbond substituents is 1. The summed E-state index contributed by atoms with van der Waals surface area (Å²) in [5.74, 6) is -0.744. The molecule has 0 aliphatic carbocycles. The molecular weight excluding hydrogens is 376 g/mol. The van der Waals surface area contributed by atoms with Gasteiger partial charge in [-0.1, -0.05) is 17.7 Å². The number of carbonyl (C=O) groups is 1. The minimum atomic E-state index is -3.86. The van der Waals surface area contributed by atoms with Crippen LogP contribution in [0.2, 0.25) is 0 Å². The van der Waals surface area contributed by atoms with Gasteiger partial charge in [0.2, 0.25) is 15.9 Å². The lowest BCUT2D eigenvalue weighted by atomic mass is 10.2. The minimum absolute atomic E-state index is 0.0168. The fraction of sp³-hybridized carbons (Fsp3) is 0.176. The Morgan fingerprint density at radius 3 is 2.62 bits per heavy atom. The van der Waals surface area contributed by atoms with Crippen LogP contribution in [0.25, 0.3) is 10.1 Å². The summed E-state index contributed by atoms with van der Waals surface area (Å²) in [7, 11) is -3.86. The number of esters is 1. The number of rotatable bonds is 5. The van der Waals surface area contributed by atoms with Crippen molar-refractivity contribution in [1.29, 1.82) is 0 Å². The lowest BCUT2D eigenvalue weighted by molar-refractivity contribution is -0.135. The SMILES string of the molecule is Cc1ccc(S(=O)(=O)N[C@@H](C)C(=O)Oc2nsc3ccc(O)cc23)cc1. The highest BCUT2D eigenvalue weighted by Crippen LogP contribution is 2.31. The Labute approximate surface area is 154 Å². The van der Waals surface area contributed by atoms with E-state index < -0.39 is 22.0 Å². The normalized spacial score (nSPS) is 12.8. The van der Waals surface area contributed by atoms with Gasteiger partial charge in [-0.05, 0) is 55.7 Å². The molecule has 3 aromatic rings. The van der Waals surface area contributed by atoms with Crippen LogP contribution in [0.1, 0.15) is 12.5 Å². The van der Waals surface area contributed by atoms with Crippen molar-refractivity contribution in [2.24, 2.45) is 0 Å². The third-order valence-electron chi connectivity index (χ3n) is 3.63. The highest BCUT2D eigenvalue weighted by Gasteiger charge is 2.24. The molecule has 0 amide bonds. The Morgan fingerprint density at radius 1 is 1.23 bits per heavy atom. The molecule has 3 rings (SSSR count). The molecule has 26 heavy (non-hydrogen) atoms. The van der Waals surface area contributed by atoms with Gasteiger partial charge in [-0.25, -0.2) is 13.2 Å². The molecule has 1 aromatic heterocycles. The van der Waals surface area contributed by atoms with E-state index in [0.29, 0.717) is 5.39 Å². The fourth-order valence-corrected chi connectivity index (χ4v) is 4.11. The number of ether oxygens (including phenoxy) is 1. The molecule has 0 aliphatic heterocycles. The summed E-state index contributed by atoms with van der Waals surface area (Å²) >= 11 is 1.11. The molecule has 0 saturated heterocycles. The van der Waals surface area contributed by atoms with E-state index in [2.05, 4.69) is 9.10 Å². The summed E-state index contributed by atoms with van der Waals surface area (Å²) in [5, 5.41) is 10.0. The first-order valence-electron chi connectivity index (χ1n) is 7.65. The number of benzene rings is 2. The van der Waals surface area contributed by atoms with Gasteiger partial charge in [0.15, 0.2) is 0 Å². The third-order valence-corrected chi connectivity index (χ3v) is 6.00. The van der Waals surface area contributed by atoms with Crippen LogP contribution >= 0.6 is 11.5 Å². The van der Waals surface area contributed by atoms with E-state index in [0.717, 1.165) is 21.8 Å². The zero-order chi connectivity index (χ0) is 18.9. The van der Waals surface area contributed by atoms with Crippen molar-refractivity contribution in [3.05, 3.63) is 48.0 Å². The summed E-state index contributed by atoms with van der Waals surface area (Å²) < 4.78 is 37.0. The second-order valence-corrected chi connectivity index (χ2v) is 8.26. The predicted molar refractivity (Wildman–Crippen MR) is 97.9 cm³/mol. The van der Waals surface area contributed by atoms with Gasteiger partial charge in [-0.3, -0.25) is 0 Å². The predicted octanol–water partition coefficient (Wildman–Crippen LogP) is 2.58. The van der Waals surface area contributed by atoms with Crippen LogP contribution < -0.4 is 9.46 Å². The Bertz CT molecular complexity index is 1060. The third kappa shape index (κ3) is 3.85. The quantitative estimate of drug-likeness (QED) is 0.647. The van der Waals surface area contributed by atoms with Gasteiger partial charge in [0.05, 0.1) is 15.0 Å². The van der Waals surface area contributed by atoms with E-state index in [9.17, 15) is 18.3 Å². The lowest BCUT2D eigenvalue weighted by Crippen LogP contribution is -2.40. The van der Waals surface area contributed by atoms with Gasteiger partial charge >= 0.3 is 5.97 Å². The minimum Gasteiger partial charge on any atom is -0.508 e. The number of aryl methyl sites for hydroxylation is 1. The Kier molecular flexibility index (Phi) is 4.94. The molecule has 0 radical (unpaired) electrons. The topological polar surface area (TPSA) is 106 Å². The highest BCUT2D eigenvalue weighted by atomic mass is 32.2. The van der Waals surface area contributed by atoms with Gasteiger partial charge < -0.3 is 9.84 Å². The molecule has 7 nitrogen and oxygen atoms in total. The largest absolute Gasteiger partial charge is 0.508 e. The molecular formula is C17H16N2O5S2. The monoisotopic (exact) mass is 392 g/mol. The number of hydrogen-bond acceptors (Lipinski definition) is 7.